The molecule has 2 rings (SSSR count). The Morgan fingerprint density at radius 1 is 1.04 bits per heavy atom. The number of hydrogen-bond acceptors (Lipinski definition) is 6. The van der Waals surface area contributed by atoms with Crippen molar-refractivity contribution in [1.29, 1.82) is 0 Å². The molecule has 1 aliphatic heterocycles. The van der Waals surface area contributed by atoms with Crippen LogP contribution in [0.15, 0.2) is 60.0 Å². The molecule has 0 saturated carbocycles. The lowest BCUT2D eigenvalue weighted by Gasteiger charge is -2.25. The van der Waals surface area contributed by atoms with Gasteiger partial charge in [0.1, 0.15) is 5.70 Å². The van der Waals surface area contributed by atoms with E-state index in [1.165, 1.54) is 20.3 Å². The van der Waals surface area contributed by atoms with Gasteiger partial charge in [-0.3, -0.25) is 0 Å². The van der Waals surface area contributed by atoms with Gasteiger partial charge in [-0.2, -0.15) is 0 Å². The number of hydrogen-bond donors (Lipinski definition) is 1. The Labute approximate surface area is 134 Å². The number of anilines is 2. The lowest BCUT2D eigenvalue weighted by Crippen LogP contribution is -2.27. The Bertz CT molecular complexity index is 704. The van der Waals surface area contributed by atoms with Crippen LogP contribution in [-0.4, -0.2) is 33.2 Å². The lowest BCUT2D eigenvalue weighted by molar-refractivity contribution is -0.139. The molecule has 0 aliphatic carbocycles. The smallest absolute Gasteiger partial charge is 0.355 e. The molecule has 1 N–H and O–H groups in total. The third kappa shape index (κ3) is 3.26. The zero-order chi connectivity index (χ0) is 16.8. The number of nitrogens with zero attached hydrogens (tertiary/aromatic N) is 1. The van der Waals surface area contributed by atoms with Crippen molar-refractivity contribution in [2.45, 2.75) is 0 Å². The van der Waals surface area contributed by atoms with Crippen LogP contribution in [-0.2, 0) is 19.1 Å². The highest BCUT2D eigenvalue weighted by Crippen LogP contribution is 2.31. The van der Waals surface area contributed by atoms with Gasteiger partial charge < -0.3 is 19.7 Å². The van der Waals surface area contributed by atoms with Crippen LogP contribution in [0.1, 0.15) is 0 Å². The molecule has 1 heterocycles. The second-order valence-corrected chi connectivity index (χ2v) is 4.58. The fourth-order valence-corrected chi connectivity index (χ4v) is 2.25. The van der Waals surface area contributed by atoms with Gasteiger partial charge in [0.2, 0.25) is 0 Å². The molecule has 0 saturated heterocycles. The zero-order valence-electron chi connectivity index (χ0n) is 13.2. The molecule has 1 aliphatic rings. The van der Waals surface area contributed by atoms with Gasteiger partial charge in [-0.1, -0.05) is 18.2 Å². The summed E-state index contributed by atoms with van der Waals surface area (Å²) in [7, 11) is 4.31. The van der Waals surface area contributed by atoms with Crippen LogP contribution in [0.5, 0.6) is 0 Å². The van der Waals surface area contributed by atoms with Crippen molar-refractivity contribution in [3.63, 3.8) is 0 Å². The van der Waals surface area contributed by atoms with Gasteiger partial charge in [0.05, 0.1) is 31.2 Å². The number of carbonyl (C=O) groups is 2. The van der Waals surface area contributed by atoms with E-state index in [4.69, 9.17) is 9.47 Å². The topological polar surface area (TPSA) is 67.9 Å². The van der Waals surface area contributed by atoms with E-state index < -0.39 is 11.9 Å². The van der Waals surface area contributed by atoms with Crippen molar-refractivity contribution in [3.05, 3.63) is 60.0 Å². The number of benzene rings is 1. The molecule has 6 nitrogen and oxygen atoms in total. The summed E-state index contributed by atoms with van der Waals surface area (Å²) in [6.45, 7) is 0. The highest BCUT2D eigenvalue weighted by molar-refractivity contribution is 6.06. The van der Waals surface area contributed by atoms with Crippen molar-refractivity contribution >= 4 is 23.3 Å². The summed E-state index contributed by atoms with van der Waals surface area (Å²) in [5, 5.41) is 3.06. The quantitative estimate of drug-likeness (QED) is 0.860. The SMILES string of the molecule is CNc1ccccc1N1C=CC=CC(C(=O)OC)=C1C(=O)OC. The largest absolute Gasteiger partial charge is 0.465 e. The molecular formula is C17H18N2O4. The molecule has 0 atom stereocenters. The molecule has 23 heavy (non-hydrogen) atoms. The minimum atomic E-state index is -0.632. The Balaban J connectivity index is 2.68. The molecule has 0 aromatic heterocycles. The standard InChI is InChI=1S/C17H18N2O4/c1-18-13-9-4-5-10-14(13)19-11-7-6-8-12(16(20)22-2)15(19)17(21)23-3/h4-11,18H,1-3H3. The average Bonchev–Trinajstić information content (AvgIpc) is 2.83. The second-order valence-electron chi connectivity index (χ2n) is 4.58. The number of para-hydroxylation sites is 2. The van der Waals surface area contributed by atoms with Gasteiger partial charge >= 0.3 is 11.9 Å². The first-order valence-electron chi connectivity index (χ1n) is 6.95. The zero-order valence-corrected chi connectivity index (χ0v) is 13.2. The third-order valence-corrected chi connectivity index (χ3v) is 3.32. The summed E-state index contributed by atoms with van der Waals surface area (Å²) in [4.78, 5) is 26.0. The van der Waals surface area contributed by atoms with E-state index in [-0.39, 0.29) is 11.3 Å². The van der Waals surface area contributed by atoms with E-state index in [9.17, 15) is 9.59 Å². The molecule has 0 radical (unpaired) electrons. The lowest BCUT2D eigenvalue weighted by atomic mass is 10.1. The molecule has 0 unspecified atom stereocenters. The Hall–Kier alpha value is -3.02. The van der Waals surface area contributed by atoms with Crippen LogP contribution >= 0.6 is 0 Å². The number of ether oxygens (including phenoxy) is 2. The molecule has 120 valence electrons. The van der Waals surface area contributed by atoms with E-state index in [0.29, 0.717) is 5.69 Å². The predicted molar refractivity (Wildman–Crippen MR) is 87.8 cm³/mol. The van der Waals surface area contributed by atoms with E-state index in [1.54, 1.807) is 30.3 Å². The Morgan fingerprint density at radius 2 is 1.74 bits per heavy atom. The van der Waals surface area contributed by atoms with Crippen LogP contribution < -0.4 is 10.2 Å². The van der Waals surface area contributed by atoms with E-state index >= 15 is 0 Å². The first-order valence-corrected chi connectivity index (χ1v) is 6.95. The monoisotopic (exact) mass is 314 g/mol. The van der Waals surface area contributed by atoms with E-state index in [0.717, 1.165) is 5.69 Å². The summed E-state index contributed by atoms with van der Waals surface area (Å²) in [6, 6.07) is 7.42. The minimum absolute atomic E-state index is 0.0899. The second kappa shape index (κ2) is 7.31. The van der Waals surface area contributed by atoms with Crippen molar-refractivity contribution < 1.29 is 19.1 Å². The molecule has 0 bridgehead atoms. The molecular weight excluding hydrogens is 296 g/mol. The highest BCUT2D eigenvalue weighted by atomic mass is 16.5. The van der Waals surface area contributed by atoms with Gasteiger partial charge in [-0.15, -0.1) is 0 Å². The maximum Gasteiger partial charge on any atom is 0.355 e. The molecule has 0 amide bonds. The minimum Gasteiger partial charge on any atom is -0.465 e. The summed E-state index contributed by atoms with van der Waals surface area (Å²) in [5.74, 6) is -1.25. The number of methoxy groups -OCH3 is 2. The average molecular weight is 314 g/mol. The fourth-order valence-electron chi connectivity index (χ4n) is 2.25. The van der Waals surface area contributed by atoms with Crippen molar-refractivity contribution in [2.24, 2.45) is 0 Å². The van der Waals surface area contributed by atoms with E-state index in [2.05, 4.69) is 5.32 Å². The molecule has 1 aromatic rings. The van der Waals surface area contributed by atoms with Crippen LogP contribution in [0.25, 0.3) is 0 Å². The van der Waals surface area contributed by atoms with Gasteiger partial charge in [0.25, 0.3) is 0 Å². The van der Waals surface area contributed by atoms with Crippen LogP contribution in [0.3, 0.4) is 0 Å². The Morgan fingerprint density at radius 3 is 2.39 bits per heavy atom. The summed E-state index contributed by atoms with van der Waals surface area (Å²) < 4.78 is 9.65. The summed E-state index contributed by atoms with van der Waals surface area (Å²) in [6.07, 6.45) is 6.61. The van der Waals surface area contributed by atoms with Gasteiger partial charge in [-0.05, 0) is 24.3 Å². The first-order chi connectivity index (χ1) is 11.1. The predicted octanol–water partition coefficient (Wildman–Crippen LogP) is 2.22. The maximum absolute atomic E-state index is 12.3. The normalized spacial score (nSPS) is 13.6. The molecule has 0 fully saturated rings. The van der Waals surface area contributed by atoms with Gasteiger partial charge in [-0.25, -0.2) is 9.59 Å². The summed E-state index contributed by atoms with van der Waals surface area (Å²) in [5.41, 5.74) is 1.71. The van der Waals surface area contributed by atoms with Crippen LogP contribution in [0.4, 0.5) is 11.4 Å². The molecule has 0 spiro atoms. The van der Waals surface area contributed by atoms with Crippen molar-refractivity contribution in [3.8, 4) is 0 Å². The molecule has 6 heteroatoms. The number of allylic oxidation sites excluding steroid dienone is 2. The highest BCUT2D eigenvalue weighted by Gasteiger charge is 2.28. The Kier molecular flexibility index (Phi) is 5.19. The number of carbonyl (C=O) groups excluding carboxylic acids is 2. The fraction of sp³-hybridized carbons (Fsp3) is 0.176. The number of nitrogens with one attached hydrogen (secondary N) is 1. The van der Waals surface area contributed by atoms with E-state index in [1.807, 2.05) is 24.3 Å². The van der Waals surface area contributed by atoms with Gasteiger partial charge in [0, 0.05) is 13.2 Å². The van der Waals surface area contributed by atoms with Gasteiger partial charge in [0.15, 0.2) is 0 Å². The van der Waals surface area contributed by atoms with Crippen LogP contribution in [0, 0.1) is 0 Å². The first kappa shape index (κ1) is 16.4. The van der Waals surface area contributed by atoms with Crippen molar-refractivity contribution in [1.82, 2.24) is 0 Å². The number of esters is 2. The maximum atomic E-state index is 12.3. The third-order valence-electron chi connectivity index (χ3n) is 3.32. The van der Waals surface area contributed by atoms with Crippen molar-refractivity contribution in [2.75, 3.05) is 31.5 Å². The summed E-state index contributed by atoms with van der Waals surface area (Å²) >= 11 is 0. The molecule has 1 aromatic carbocycles. The number of rotatable bonds is 4. The van der Waals surface area contributed by atoms with Crippen LogP contribution in [0.2, 0.25) is 0 Å².